The molecule has 15 heavy (non-hydrogen) atoms. The van der Waals surface area contributed by atoms with E-state index in [0.29, 0.717) is 0 Å². The lowest BCUT2D eigenvalue weighted by molar-refractivity contribution is -0.00512. The molecule has 0 unspecified atom stereocenters. The van der Waals surface area contributed by atoms with E-state index in [0.717, 1.165) is 12.1 Å². The van der Waals surface area contributed by atoms with Crippen molar-refractivity contribution >= 4 is 0 Å². The lowest BCUT2D eigenvalue weighted by atomic mass is 10.1. The molecule has 84 valence electrons. The van der Waals surface area contributed by atoms with Gasteiger partial charge in [-0.05, 0) is 12.1 Å². The number of rotatable bonds is 4. The van der Waals surface area contributed by atoms with Crippen LogP contribution in [0.4, 0.5) is 13.2 Å². The summed E-state index contributed by atoms with van der Waals surface area (Å²) in [7, 11) is 0. The van der Waals surface area contributed by atoms with Gasteiger partial charge in [0.05, 0.1) is 6.54 Å². The van der Waals surface area contributed by atoms with E-state index in [1.165, 1.54) is 12.1 Å². The van der Waals surface area contributed by atoms with Crippen molar-refractivity contribution in [2.24, 2.45) is 0 Å². The largest absolute Gasteiger partial charge is 0.309 e. The summed E-state index contributed by atoms with van der Waals surface area (Å²) in [6, 6.07) is 4.50. The lowest BCUT2D eigenvalue weighted by Gasteiger charge is -2.19. The van der Waals surface area contributed by atoms with Crippen LogP contribution in [0.5, 0.6) is 0 Å². The second-order valence-corrected chi connectivity index (χ2v) is 3.75. The molecule has 0 saturated carbocycles. The van der Waals surface area contributed by atoms with Crippen molar-refractivity contribution in [1.82, 2.24) is 5.32 Å². The highest BCUT2D eigenvalue weighted by Crippen LogP contribution is 2.27. The van der Waals surface area contributed by atoms with Crippen LogP contribution in [0.25, 0.3) is 0 Å². The minimum atomic E-state index is -3.04. The number of halogens is 3. The Bertz CT molecular complexity index is 323. The van der Waals surface area contributed by atoms with Gasteiger partial charge in [0.1, 0.15) is 5.82 Å². The Hall–Kier alpha value is -1.03. The number of alkyl halides is 2. The molecule has 0 aliphatic rings. The maximum absolute atomic E-state index is 13.5. The van der Waals surface area contributed by atoms with Gasteiger partial charge in [-0.1, -0.05) is 26.0 Å². The molecule has 1 aromatic rings. The van der Waals surface area contributed by atoms with Crippen molar-refractivity contribution < 1.29 is 13.2 Å². The molecule has 0 atom stereocenters. The highest BCUT2D eigenvalue weighted by Gasteiger charge is 2.31. The van der Waals surface area contributed by atoms with Gasteiger partial charge in [-0.2, -0.15) is 8.78 Å². The van der Waals surface area contributed by atoms with E-state index >= 15 is 0 Å². The van der Waals surface area contributed by atoms with E-state index in [4.69, 9.17) is 0 Å². The molecule has 0 amide bonds. The van der Waals surface area contributed by atoms with Gasteiger partial charge in [0, 0.05) is 11.6 Å². The van der Waals surface area contributed by atoms with Crippen molar-refractivity contribution in [2.75, 3.05) is 6.54 Å². The predicted octanol–water partition coefficient (Wildman–Crippen LogP) is 2.92. The fourth-order valence-corrected chi connectivity index (χ4v) is 1.15. The summed E-state index contributed by atoms with van der Waals surface area (Å²) in [5.74, 6) is -3.68. The van der Waals surface area contributed by atoms with Gasteiger partial charge in [0.25, 0.3) is 5.92 Å². The standard InChI is InChI=1S/C11H14F3N/c1-8(2)15-7-11(13,14)9-4-3-5-10(12)6-9/h3-6,8,15H,7H2,1-2H3. The van der Waals surface area contributed by atoms with E-state index in [9.17, 15) is 13.2 Å². The van der Waals surface area contributed by atoms with Crippen LogP contribution in [-0.2, 0) is 5.92 Å². The fraction of sp³-hybridized carbons (Fsp3) is 0.455. The Morgan fingerprint density at radius 3 is 2.53 bits per heavy atom. The van der Waals surface area contributed by atoms with E-state index in [1.807, 2.05) is 0 Å². The zero-order valence-electron chi connectivity index (χ0n) is 8.73. The molecule has 1 nitrogen and oxygen atoms in total. The third-order valence-corrected chi connectivity index (χ3v) is 1.98. The molecule has 0 fully saturated rings. The summed E-state index contributed by atoms with van der Waals surface area (Å²) in [6.45, 7) is 3.08. The van der Waals surface area contributed by atoms with Crippen molar-refractivity contribution in [1.29, 1.82) is 0 Å². The molecule has 0 saturated heterocycles. The molecule has 1 N–H and O–H groups in total. The smallest absolute Gasteiger partial charge is 0.285 e. The summed E-state index contributed by atoms with van der Waals surface area (Å²) in [5.41, 5.74) is -0.296. The summed E-state index contributed by atoms with van der Waals surface area (Å²) in [4.78, 5) is 0. The topological polar surface area (TPSA) is 12.0 Å². The van der Waals surface area contributed by atoms with E-state index in [2.05, 4.69) is 5.32 Å². The first kappa shape index (κ1) is 12.0. The molecule has 1 rings (SSSR count). The van der Waals surface area contributed by atoms with Crippen LogP contribution in [0.3, 0.4) is 0 Å². The Kier molecular flexibility index (Phi) is 3.74. The minimum Gasteiger partial charge on any atom is -0.309 e. The third-order valence-electron chi connectivity index (χ3n) is 1.98. The van der Waals surface area contributed by atoms with Crippen molar-refractivity contribution in [3.8, 4) is 0 Å². The average molecular weight is 217 g/mol. The number of hydrogen-bond acceptors (Lipinski definition) is 1. The highest BCUT2D eigenvalue weighted by atomic mass is 19.3. The van der Waals surface area contributed by atoms with Gasteiger partial charge in [-0.3, -0.25) is 0 Å². The summed E-state index contributed by atoms with van der Waals surface area (Å²) in [6.07, 6.45) is 0. The Morgan fingerprint density at radius 2 is 2.00 bits per heavy atom. The van der Waals surface area contributed by atoms with Crippen LogP contribution >= 0.6 is 0 Å². The number of nitrogens with one attached hydrogen (secondary N) is 1. The quantitative estimate of drug-likeness (QED) is 0.817. The minimum absolute atomic E-state index is 0.0237. The average Bonchev–Trinajstić information content (AvgIpc) is 2.15. The third kappa shape index (κ3) is 3.55. The first-order chi connectivity index (χ1) is 6.92. The summed E-state index contributed by atoms with van der Waals surface area (Å²) in [5, 5.41) is 2.63. The van der Waals surface area contributed by atoms with E-state index in [-0.39, 0.29) is 11.6 Å². The molecule has 0 radical (unpaired) electrons. The van der Waals surface area contributed by atoms with Crippen LogP contribution in [0.2, 0.25) is 0 Å². The van der Waals surface area contributed by atoms with E-state index < -0.39 is 18.3 Å². The molecule has 0 aromatic heterocycles. The predicted molar refractivity (Wildman–Crippen MR) is 53.4 cm³/mol. The van der Waals surface area contributed by atoms with Gasteiger partial charge in [0.15, 0.2) is 0 Å². The van der Waals surface area contributed by atoms with Crippen LogP contribution in [0.1, 0.15) is 19.4 Å². The van der Waals surface area contributed by atoms with Crippen LogP contribution in [0.15, 0.2) is 24.3 Å². The van der Waals surface area contributed by atoms with Crippen molar-refractivity contribution in [3.63, 3.8) is 0 Å². The lowest BCUT2D eigenvalue weighted by Crippen LogP contribution is -2.34. The van der Waals surface area contributed by atoms with Crippen LogP contribution < -0.4 is 5.32 Å². The SMILES string of the molecule is CC(C)NCC(F)(F)c1cccc(F)c1. The first-order valence-corrected chi connectivity index (χ1v) is 4.79. The van der Waals surface area contributed by atoms with Gasteiger partial charge < -0.3 is 5.32 Å². The monoisotopic (exact) mass is 217 g/mol. The summed E-state index contributed by atoms with van der Waals surface area (Å²) >= 11 is 0. The maximum Gasteiger partial charge on any atom is 0.285 e. The zero-order valence-corrected chi connectivity index (χ0v) is 8.73. The van der Waals surface area contributed by atoms with E-state index in [1.54, 1.807) is 13.8 Å². The highest BCUT2D eigenvalue weighted by molar-refractivity contribution is 5.21. The van der Waals surface area contributed by atoms with Crippen molar-refractivity contribution in [2.45, 2.75) is 25.8 Å². The maximum atomic E-state index is 13.5. The zero-order chi connectivity index (χ0) is 11.5. The molecule has 4 heteroatoms. The molecule has 0 aliphatic heterocycles. The van der Waals surface area contributed by atoms with Gasteiger partial charge in [0.2, 0.25) is 0 Å². The Morgan fingerprint density at radius 1 is 1.33 bits per heavy atom. The Labute approximate surface area is 87.3 Å². The normalized spacial score (nSPS) is 12.1. The molecule has 0 aliphatic carbocycles. The molecule has 0 heterocycles. The first-order valence-electron chi connectivity index (χ1n) is 4.79. The molecule has 0 spiro atoms. The Balaban J connectivity index is 2.76. The molecule has 0 bridgehead atoms. The molecular weight excluding hydrogens is 203 g/mol. The number of benzene rings is 1. The second kappa shape index (κ2) is 4.66. The van der Waals surface area contributed by atoms with Gasteiger partial charge in [-0.15, -0.1) is 0 Å². The molecule has 1 aromatic carbocycles. The fourth-order valence-electron chi connectivity index (χ4n) is 1.15. The van der Waals surface area contributed by atoms with Gasteiger partial charge in [-0.25, -0.2) is 4.39 Å². The van der Waals surface area contributed by atoms with Crippen LogP contribution in [0, 0.1) is 5.82 Å². The molecular formula is C11H14F3N. The summed E-state index contributed by atoms with van der Waals surface area (Å²) < 4.78 is 39.7. The van der Waals surface area contributed by atoms with Crippen molar-refractivity contribution in [3.05, 3.63) is 35.6 Å². The second-order valence-electron chi connectivity index (χ2n) is 3.75. The van der Waals surface area contributed by atoms with Gasteiger partial charge >= 0.3 is 0 Å². The van der Waals surface area contributed by atoms with Crippen LogP contribution in [-0.4, -0.2) is 12.6 Å². The number of hydrogen-bond donors (Lipinski definition) is 1.